The fraction of sp³-hybridized carbons (Fsp3) is 0.600. The van der Waals surface area contributed by atoms with Gasteiger partial charge in [0, 0.05) is 5.54 Å². The standard InChI is InChI=1S/C15H23N/c1-2-15(16,12-13-8-6-7-9-13)14-10-4-3-5-11-14/h3-5,10-11,13H,2,6-9,12,16H2,1H3. The van der Waals surface area contributed by atoms with Crippen LogP contribution in [0.25, 0.3) is 0 Å². The molecule has 1 heteroatoms. The van der Waals surface area contributed by atoms with Crippen LogP contribution in [0.1, 0.15) is 51.0 Å². The van der Waals surface area contributed by atoms with Crippen molar-refractivity contribution in [1.29, 1.82) is 0 Å². The van der Waals surface area contributed by atoms with Gasteiger partial charge < -0.3 is 5.73 Å². The van der Waals surface area contributed by atoms with Crippen LogP contribution < -0.4 is 5.73 Å². The Morgan fingerprint density at radius 2 is 1.81 bits per heavy atom. The average molecular weight is 217 g/mol. The highest BCUT2D eigenvalue weighted by atomic mass is 14.7. The lowest BCUT2D eigenvalue weighted by Gasteiger charge is -2.31. The first-order valence-electron chi connectivity index (χ1n) is 6.59. The Labute approximate surface area is 99.0 Å². The van der Waals surface area contributed by atoms with Crippen LogP contribution in [-0.4, -0.2) is 0 Å². The second-order valence-corrected chi connectivity index (χ2v) is 5.23. The third kappa shape index (κ3) is 2.46. The van der Waals surface area contributed by atoms with E-state index < -0.39 is 0 Å². The molecule has 0 aromatic heterocycles. The Morgan fingerprint density at radius 3 is 2.38 bits per heavy atom. The molecule has 1 aliphatic carbocycles. The molecule has 88 valence electrons. The number of hydrogen-bond donors (Lipinski definition) is 1. The maximum absolute atomic E-state index is 6.60. The molecule has 1 unspecified atom stereocenters. The van der Waals surface area contributed by atoms with Gasteiger partial charge in [0.05, 0.1) is 0 Å². The number of hydrogen-bond acceptors (Lipinski definition) is 1. The molecule has 0 amide bonds. The third-order valence-electron chi connectivity index (χ3n) is 4.11. The van der Waals surface area contributed by atoms with E-state index in [0.717, 1.165) is 18.8 Å². The maximum Gasteiger partial charge on any atom is 0.0409 e. The molecule has 0 spiro atoms. The molecule has 2 N–H and O–H groups in total. The molecule has 0 bridgehead atoms. The Kier molecular flexibility index (Phi) is 3.65. The lowest BCUT2D eigenvalue weighted by atomic mass is 9.80. The normalized spacial score (nSPS) is 20.9. The quantitative estimate of drug-likeness (QED) is 0.815. The van der Waals surface area contributed by atoms with Crippen molar-refractivity contribution in [3.05, 3.63) is 35.9 Å². The maximum atomic E-state index is 6.60. The lowest BCUT2D eigenvalue weighted by molar-refractivity contribution is 0.314. The van der Waals surface area contributed by atoms with Crippen LogP contribution in [0.4, 0.5) is 0 Å². The van der Waals surface area contributed by atoms with Crippen LogP contribution >= 0.6 is 0 Å². The fourth-order valence-corrected chi connectivity index (χ4v) is 2.97. The Bertz CT molecular complexity index is 313. The molecule has 0 aliphatic heterocycles. The minimum atomic E-state index is -0.101. The zero-order valence-corrected chi connectivity index (χ0v) is 10.3. The summed E-state index contributed by atoms with van der Waals surface area (Å²) in [5.74, 6) is 0.852. The monoisotopic (exact) mass is 217 g/mol. The van der Waals surface area contributed by atoms with Crippen molar-refractivity contribution in [2.75, 3.05) is 0 Å². The van der Waals surface area contributed by atoms with Crippen molar-refractivity contribution >= 4 is 0 Å². The zero-order valence-electron chi connectivity index (χ0n) is 10.3. The molecule has 1 aromatic carbocycles. The summed E-state index contributed by atoms with van der Waals surface area (Å²) in [7, 11) is 0. The second kappa shape index (κ2) is 5.01. The van der Waals surface area contributed by atoms with E-state index in [-0.39, 0.29) is 5.54 Å². The average Bonchev–Trinajstić information content (AvgIpc) is 2.83. The summed E-state index contributed by atoms with van der Waals surface area (Å²) in [6, 6.07) is 10.6. The van der Waals surface area contributed by atoms with Gasteiger partial charge in [0.15, 0.2) is 0 Å². The van der Waals surface area contributed by atoms with Crippen molar-refractivity contribution in [2.24, 2.45) is 11.7 Å². The topological polar surface area (TPSA) is 26.0 Å². The molecule has 0 saturated heterocycles. The molecule has 0 heterocycles. The van der Waals surface area contributed by atoms with Crippen LogP contribution in [0.2, 0.25) is 0 Å². The van der Waals surface area contributed by atoms with Gasteiger partial charge in [-0.05, 0) is 24.3 Å². The highest BCUT2D eigenvalue weighted by Gasteiger charge is 2.30. The molecule has 1 saturated carbocycles. The Balaban J connectivity index is 2.12. The molecule has 16 heavy (non-hydrogen) atoms. The van der Waals surface area contributed by atoms with Crippen LogP contribution in [0.3, 0.4) is 0 Å². The van der Waals surface area contributed by atoms with Crippen molar-refractivity contribution in [2.45, 2.75) is 51.0 Å². The number of benzene rings is 1. The molecule has 2 rings (SSSR count). The molecule has 1 nitrogen and oxygen atoms in total. The van der Waals surface area contributed by atoms with E-state index in [0.29, 0.717) is 0 Å². The first-order chi connectivity index (χ1) is 7.74. The van der Waals surface area contributed by atoms with E-state index in [4.69, 9.17) is 5.73 Å². The number of nitrogens with two attached hydrogens (primary N) is 1. The van der Waals surface area contributed by atoms with Crippen molar-refractivity contribution in [3.8, 4) is 0 Å². The van der Waals surface area contributed by atoms with E-state index in [9.17, 15) is 0 Å². The van der Waals surface area contributed by atoms with Gasteiger partial charge in [0.2, 0.25) is 0 Å². The van der Waals surface area contributed by atoms with Gasteiger partial charge in [-0.15, -0.1) is 0 Å². The van der Waals surface area contributed by atoms with Crippen LogP contribution in [-0.2, 0) is 5.54 Å². The van der Waals surface area contributed by atoms with Gasteiger partial charge >= 0.3 is 0 Å². The van der Waals surface area contributed by atoms with Gasteiger partial charge in [0.1, 0.15) is 0 Å². The Hall–Kier alpha value is -0.820. The summed E-state index contributed by atoms with van der Waals surface area (Å²) in [5, 5.41) is 0. The van der Waals surface area contributed by atoms with Gasteiger partial charge in [-0.1, -0.05) is 62.9 Å². The van der Waals surface area contributed by atoms with Crippen LogP contribution in [0.5, 0.6) is 0 Å². The van der Waals surface area contributed by atoms with Gasteiger partial charge in [-0.25, -0.2) is 0 Å². The molecule has 1 aliphatic rings. The van der Waals surface area contributed by atoms with E-state index >= 15 is 0 Å². The summed E-state index contributed by atoms with van der Waals surface area (Å²) >= 11 is 0. The van der Waals surface area contributed by atoms with E-state index in [1.165, 1.54) is 31.2 Å². The van der Waals surface area contributed by atoms with Crippen molar-refractivity contribution in [1.82, 2.24) is 0 Å². The minimum Gasteiger partial charge on any atom is -0.321 e. The third-order valence-corrected chi connectivity index (χ3v) is 4.11. The largest absolute Gasteiger partial charge is 0.321 e. The molecular weight excluding hydrogens is 194 g/mol. The first kappa shape index (κ1) is 11.7. The van der Waals surface area contributed by atoms with Gasteiger partial charge in [-0.2, -0.15) is 0 Å². The smallest absolute Gasteiger partial charge is 0.0409 e. The summed E-state index contributed by atoms with van der Waals surface area (Å²) in [4.78, 5) is 0. The zero-order chi connectivity index (χ0) is 11.4. The Morgan fingerprint density at radius 1 is 1.19 bits per heavy atom. The summed E-state index contributed by atoms with van der Waals surface area (Å²) in [5.41, 5.74) is 7.81. The first-order valence-corrected chi connectivity index (χ1v) is 6.59. The molecule has 1 fully saturated rings. The van der Waals surface area contributed by atoms with E-state index in [1.807, 2.05) is 0 Å². The predicted octanol–water partition coefficient (Wildman–Crippen LogP) is 3.83. The second-order valence-electron chi connectivity index (χ2n) is 5.23. The predicted molar refractivity (Wildman–Crippen MR) is 69.2 cm³/mol. The lowest BCUT2D eigenvalue weighted by Crippen LogP contribution is -2.37. The summed E-state index contributed by atoms with van der Waals surface area (Å²) in [6.45, 7) is 2.21. The summed E-state index contributed by atoms with van der Waals surface area (Å²) < 4.78 is 0. The van der Waals surface area contributed by atoms with E-state index in [1.54, 1.807) is 0 Å². The van der Waals surface area contributed by atoms with Crippen molar-refractivity contribution < 1.29 is 0 Å². The van der Waals surface area contributed by atoms with E-state index in [2.05, 4.69) is 37.3 Å². The molecule has 1 aromatic rings. The summed E-state index contributed by atoms with van der Waals surface area (Å²) in [6.07, 6.45) is 7.76. The van der Waals surface area contributed by atoms with Crippen LogP contribution in [0.15, 0.2) is 30.3 Å². The SMILES string of the molecule is CCC(N)(CC1CCCC1)c1ccccc1. The van der Waals surface area contributed by atoms with Gasteiger partial charge in [-0.3, -0.25) is 0 Å². The molecule has 1 atom stereocenters. The highest BCUT2D eigenvalue weighted by Crippen LogP contribution is 2.36. The van der Waals surface area contributed by atoms with Crippen molar-refractivity contribution in [3.63, 3.8) is 0 Å². The highest BCUT2D eigenvalue weighted by molar-refractivity contribution is 5.23. The molecule has 0 radical (unpaired) electrons. The minimum absolute atomic E-state index is 0.101. The molecular formula is C15H23N. The van der Waals surface area contributed by atoms with Crippen LogP contribution in [0, 0.1) is 5.92 Å². The number of rotatable bonds is 4. The fourth-order valence-electron chi connectivity index (χ4n) is 2.97. The van der Waals surface area contributed by atoms with Gasteiger partial charge in [0.25, 0.3) is 0 Å².